The Labute approximate surface area is 76.0 Å². The van der Waals surface area contributed by atoms with Crippen molar-refractivity contribution in [3.05, 3.63) is 23.5 Å². The highest BCUT2D eigenvalue weighted by Crippen LogP contribution is 2.14. The van der Waals surface area contributed by atoms with E-state index in [0.29, 0.717) is 10.8 Å². The molecule has 0 unspecified atom stereocenters. The molecule has 0 saturated carbocycles. The molecule has 12 heavy (non-hydrogen) atoms. The van der Waals surface area contributed by atoms with E-state index in [9.17, 15) is 0 Å². The lowest BCUT2D eigenvalue weighted by molar-refractivity contribution is 0.122. The van der Waals surface area contributed by atoms with E-state index in [1.54, 1.807) is 19.2 Å². The maximum Gasteiger partial charge on any atom is 0.139 e. The van der Waals surface area contributed by atoms with Crippen LogP contribution in [-0.4, -0.2) is 22.8 Å². The van der Waals surface area contributed by atoms with Crippen LogP contribution in [0.3, 0.4) is 0 Å². The Balaban J connectivity index is 2.52. The fraction of sp³-hybridized carbons (Fsp3) is 0.375. The lowest BCUT2D eigenvalue weighted by atomic mass is 10.4. The Kier molecular flexibility index (Phi) is 3.31. The van der Waals surface area contributed by atoms with Crippen molar-refractivity contribution in [3.8, 4) is 5.75 Å². The highest BCUT2D eigenvalue weighted by molar-refractivity contribution is 6.30. The second-order valence-corrected chi connectivity index (χ2v) is 2.94. The minimum absolute atomic E-state index is 0.252. The molecule has 1 rings (SSSR count). The zero-order chi connectivity index (χ0) is 8.97. The molecular formula is C8H10ClNO2. The Morgan fingerprint density at radius 2 is 2.42 bits per heavy atom. The molecule has 1 N–H and O–H groups in total. The van der Waals surface area contributed by atoms with Gasteiger partial charge in [-0.05, 0) is 6.92 Å². The Morgan fingerprint density at radius 3 is 3.00 bits per heavy atom. The molecule has 0 aromatic carbocycles. The van der Waals surface area contributed by atoms with E-state index >= 15 is 0 Å². The number of aliphatic hydroxyl groups is 1. The number of aromatic nitrogens is 1. The maximum absolute atomic E-state index is 8.90. The van der Waals surface area contributed by atoms with Crippen LogP contribution < -0.4 is 4.74 Å². The summed E-state index contributed by atoms with van der Waals surface area (Å²) in [4.78, 5) is 3.82. The van der Waals surface area contributed by atoms with E-state index in [0.717, 1.165) is 0 Å². The molecule has 0 spiro atoms. The minimum atomic E-state index is -0.482. The molecule has 3 nitrogen and oxygen atoms in total. The summed E-state index contributed by atoms with van der Waals surface area (Å²) in [5.74, 6) is 0.573. The molecule has 1 aromatic heterocycles. The highest BCUT2D eigenvalue weighted by atomic mass is 35.5. The van der Waals surface area contributed by atoms with Crippen LogP contribution in [-0.2, 0) is 0 Å². The molecule has 0 aliphatic carbocycles. The van der Waals surface area contributed by atoms with E-state index < -0.39 is 6.10 Å². The number of nitrogens with zero attached hydrogens (tertiary/aromatic N) is 1. The third-order valence-corrected chi connectivity index (χ3v) is 1.38. The monoisotopic (exact) mass is 187 g/mol. The number of pyridine rings is 1. The Morgan fingerprint density at radius 1 is 1.67 bits per heavy atom. The molecule has 1 atom stereocenters. The molecule has 4 heteroatoms. The van der Waals surface area contributed by atoms with Gasteiger partial charge in [-0.2, -0.15) is 0 Å². The number of hydrogen-bond acceptors (Lipinski definition) is 3. The third-order valence-electron chi connectivity index (χ3n) is 1.17. The van der Waals surface area contributed by atoms with E-state index in [-0.39, 0.29) is 6.61 Å². The fourth-order valence-electron chi connectivity index (χ4n) is 0.688. The van der Waals surface area contributed by atoms with Crippen molar-refractivity contribution in [3.63, 3.8) is 0 Å². The van der Waals surface area contributed by atoms with E-state index in [1.165, 1.54) is 6.20 Å². The normalized spacial score (nSPS) is 12.6. The number of rotatable bonds is 3. The van der Waals surface area contributed by atoms with Crippen molar-refractivity contribution >= 4 is 11.6 Å². The van der Waals surface area contributed by atoms with Gasteiger partial charge in [-0.15, -0.1) is 0 Å². The van der Waals surface area contributed by atoms with Gasteiger partial charge in [-0.1, -0.05) is 11.6 Å². The van der Waals surface area contributed by atoms with Gasteiger partial charge in [0.1, 0.15) is 12.4 Å². The molecule has 0 saturated heterocycles. The third kappa shape index (κ3) is 3.07. The summed E-state index contributed by atoms with van der Waals surface area (Å²) in [5.41, 5.74) is 0. The van der Waals surface area contributed by atoms with Crippen molar-refractivity contribution in [1.29, 1.82) is 0 Å². The van der Waals surface area contributed by atoms with Crippen molar-refractivity contribution in [2.45, 2.75) is 13.0 Å². The van der Waals surface area contributed by atoms with Crippen LogP contribution in [0.25, 0.3) is 0 Å². The largest absolute Gasteiger partial charge is 0.489 e. The summed E-state index contributed by atoms with van der Waals surface area (Å²) >= 11 is 5.66. The van der Waals surface area contributed by atoms with Gasteiger partial charge in [-0.3, -0.25) is 4.98 Å². The molecule has 0 aliphatic rings. The van der Waals surface area contributed by atoms with Crippen LogP contribution in [0.4, 0.5) is 0 Å². The molecule has 0 radical (unpaired) electrons. The number of halogens is 1. The van der Waals surface area contributed by atoms with Crippen LogP contribution in [0.2, 0.25) is 5.02 Å². The van der Waals surface area contributed by atoms with Gasteiger partial charge in [0.15, 0.2) is 0 Å². The van der Waals surface area contributed by atoms with Gasteiger partial charge in [0.05, 0.1) is 17.3 Å². The highest BCUT2D eigenvalue weighted by Gasteiger charge is 1.98. The molecule has 0 aliphatic heterocycles. The maximum atomic E-state index is 8.90. The van der Waals surface area contributed by atoms with E-state index in [2.05, 4.69) is 4.98 Å². The Hall–Kier alpha value is -0.800. The van der Waals surface area contributed by atoms with Crippen molar-refractivity contribution in [1.82, 2.24) is 4.98 Å². The Bertz CT molecular complexity index is 253. The van der Waals surface area contributed by atoms with Crippen molar-refractivity contribution < 1.29 is 9.84 Å². The molecule has 1 heterocycles. The summed E-state index contributed by atoms with van der Waals surface area (Å²) in [6.45, 7) is 1.90. The van der Waals surface area contributed by atoms with Crippen molar-refractivity contribution in [2.24, 2.45) is 0 Å². The molecule has 0 fully saturated rings. The van der Waals surface area contributed by atoms with Crippen LogP contribution in [0.15, 0.2) is 18.5 Å². The van der Waals surface area contributed by atoms with Crippen LogP contribution >= 0.6 is 11.6 Å². The zero-order valence-corrected chi connectivity index (χ0v) is 7.45. The van der Waals surface area contributed by atoms with E-state index in [4.69, 9.17) is 21.4 Å². The topological polar surface area (TPSA) is 42.4 Å². The van der Waals surface area contributed by atoms with Gasteiger partial charge < -0.3 is 9.84 Å². The molecule has 0 bridgehead atoms. The molecule has 1 aromatic rings. The van der Waals surface area contributed by atoms with Gasteiger partial charge in [-0.25, -0.2) is 0 Å². The first kappa shape index (κ1) is 9.29. The summed E-state index contributed by atoms with van der Waals surface area (Å²) < 4.78 is 5.15. The van der Waals surface area contributed by atoms with Crippen LogP contribution in [0, 0.1) is 0 Å². The summed E-state index contributed by atoms with van der Waals surface area (Å²) in [6.07, 6.45) is 2.59. The smallest absolute Gasteiger partial charge is 0.139 e. The van der Waals surface area contributed by atoms with Crippen LogP contribution in [0.5, 0.6) is 5.75 Å². The SMILES string of the molecule is C[C@@H](O)COc1cncc(Cl)c1. The second kappa shape index (κ2) is 4.28. The first-order valence-corrected chi connectivity index (χ1v) is 3.97. The summed E-state index contributed by atoms with van der Waals surface area (Å²) in [7, 11) is 0. The van der Waals surface area contributed by atoms with Gasteiger partial charge in [0.25, 0.3) is 0 Å². The standard InChI is InChI=1S/C8H10ClNO2/c1-6(11)5-12-8-2-7(9)3-10-4-8/h2-4,6,11H,5H2,1H3/t6-/m1/s1. The first-order chi connectivity index (χ1) is 5.68. The summed E-state index contributed by atoms with van der Waals surface area (Å²) in [6, 6.07) is 1.65. The second-order valence-electron chi connectivity index (χ2n) is 2.50. The number of aliphatic hydroxyl groups excluding tert-OH is 1. The van der Waals surface area contributed by atoms with Gasteiger partial charge >= 0.3 is 0 Å². The van der Waals surface area contributed by atoms with Crippen LogP contribution in [0.1, 0.15) is 6.92 Å². The molecule has 66 valence electrons. The predicted molar refractivity (Wildman–Crippen MR) is 46.4 cm³/mol. The summed E-state index contributed by atoms with van der Waals surface area (Å²) in [5, 5.41) is 9.43. The van der Waals surface area contributed by atoms with Gasteiger partial charge in [0, 0.05) is 12.3 Å². The first-order valence-electron chi connectivity index (χ1n) is 3.60. The quantitative estimate of drug-likeness (QED) is 0.780. The lowest BCUT2D eigenvalue weighted by Gasteiger charge is -2.06. The average molecular weight is 188 g/mol. The minimum Gasteiger partial charge on any atom is -0.489 e. The number of hydrogen-bond donors (Lipinski definition) is 1. The fourth-order valence-corrected chi connectivity index (χ4v) is 0.852. The average Bonchev–Trinajstić information content (AvgIpc) is 2.01. The molecule has 0 amide bonds. The van der Waals surface area contributed by atoms with Crippen molar-refractivity contribution in [2.75, 3.05) is 6.61 Å². The number of ether oxygens (including phenoxy) is 1. The molecular weight excluding hydrogens is 178 g/mol. The predicted octanol–water partition coefficient (Wildman–Crippen LogP) is 1.49. The van der Waals surface area contributed by atoms with E-state index in [1.807, 2.05) is 0 Å². The van der Waals surface area contributed by atoms with Gasteiger partial charge in [0.2, 0.25) is 0 Å². The lowest BCUT2D eigenvalue weighted by Crippen LogP contribution is -2.12. The zero-order valence-electron chi connectivity index (χ0n) is 6.70.